The van der Waals surface area contributed by atoms with Crippen LogP contribution in [0.2, 0.25) is 0 Å². The minimum Gasteiger partial charge on any atom is -0.471 e. The van der Waals surface area contributed by atoms with Crippen molar-refractivity contribution in [1.29, 1.82) is 0 Å². The van der Waals surface area contributed by atoms with Gasteiger partial charge in [-0.2, -0.15) is 18.2 Å². The van der Waals surface area contributed by atoms with Crippen LogP contribution < -0.4 is 15.2 Å². The lowest BCUT2D eigenvalue weighted by molar-refractivity contribution is -0.140. The molecule has 2 heterocycles. The summed E-state index contributed by atoms with van der Waals surface area (Å²) in [5.74, 6) is -0.937. The van der Waals surface area contributed by atoms with Gasteiger partial charge in [0.15, 0.2) is 0 Å². The van der Waals surface area contributed by atoms with Gasteiger partial charge in [-0.3, -0.25) is 0 Å². The second kappa shape index (κ2) is 8.71. The zero-order valence-corrected chi connectivity index (χ0v) is 16.3. The van der Waals surface area contributed by atoms with Crippen LogP contribution in [0.1, 0.15) is 18.4 Å². The Kier molecular flexibility index (Phi) is 6.45. The van der Waals surface area contributed by atoms with Crippen molar-refractivity contribution in [3.63, 3.8) is 0 Å². The SMILES string of the molecule is NS(=O)(=O)c1ccc(Nc2ncc(C(F)(F)F)c(OC3CCOCCC3O)n2)cc1. The summed E-state index contributed by atoms with van der Waals surface area (Å²) in [7, 11) is -3.88. The molecule has 0 amide bonds. The van der Waals surface area contributed by atoms with Crippen LogP contribution in [0.25, 0.3) is 0 Å². The number of nitrogens with zero attached hydrogens (tertiary/aromatic N) is 2. The van der Waals surface area contributed by atoms with Gasteiger partial charge in [0.2, 0.25) is 21.9 Å². The molecule has 2 aromatic rings. The Labute approximate surface area is 170 Å². The maximum absolute atomic E-state index is 13.4. The number of hydrogen-bond donors (Lipinski definition) is 3. The number of benzene rings is 1. The molecule has 0 bridgehead atoms. The summed E-state index contributed by atoms with van der Waals surface area (Å²) >= 11 is 0. The van der Waals surface area contributed by atoms with E-state index in [0.29, 0.717) is 11.9 Å². The van der Waals surface area contributed by atoms with Crippen molar-refractivity contribution in [2.24, 2.45) is 5.14 Å². The fourth-order valence-electron chi connectivity index (χ4n) is 2.73. The number of halogens is 3. The molecule has 3 rings (SSSR count). The third-order valence-electron chi connectivity index (χ3n) is 4.30. The summed E-state index contributed by atoms with van der Waals surface area (Å²) in [6.07, 6.45) is -5.71. The zero-order valence-electron chi connectivity index (χ0n) is 15.5. The highest BCUT2D eigenvalue weighted by Gasteiger charge is 2.38. The summed E-state index contributed by atoms with van der Waals surface area (Å²) in [6, 6.07) is 5.16. The summed E-state index contributed by atoms with van der Waals surface area (Å²) < 4.78 is 73.3. The first-order valence-corrected chi connectivity index (χ1v) is 10.4. The Morgan fingerprint density at radius 2 is 1.87 bits per heavy atom. The van der Waals surface area contributed by atoms with Gasteiger partial charge >= 0.3 is 6.18 Å². The topological polar surface area (TPSA) is 137 Å². The van der Waals surface area contributed by atoms with Crippen LogP contribution in [0.5, 0.6) is 5.88 Å². The highest BCUT2D eigenvalue weighted by molar-refractivity contribution is 7.89. The second-order valence-electron chi connectivity index (χ2n) is 6.52. The molecular formula is C17H19F3N4O5S. The summed E-state index contributed by atoms with van der Waals surface area (Å²) in [5.41, 5.74) is -0.869. The average molecular weight is 448 g/mol. The van der Waals surface area contributed by atoms with Gasteiger partial charge in [0.05, 0.1) is 17.6 Å². The Morgan fingerprint density at radius 3 is 2.50 bits per heavy atom. The number of aromatic nitrogens is 2. The molecule has 0 saturated carbocycles. The molecule has 30 heavy (non-hydrogen) atoms. The van der Waals surface area contributed by atoms with E-state index in [9.17, 15) is 26.7 Å². The summed E-state index contributed by atoms with van der Waals surface area (Å²) in [5, 5.41) is 17.8. The molecule has 1 aliphatic heterocycles. The molecule has 2 atom stereocenters. The van der Waals surface area contributed by atoms with Gasteiger partial charge in [0.25, 0.3) is 0 Å². The first-order chi connectivity index (χ1) is 14.0. The van der Waals surface area contributed by atoms with E-state index in [4.69, 9.17) is 14.6 Å². The number of nitrogens with one attached hydrogen (secondary N) is 1. The molecular weight excluding hydrogens is 429 g/mol. The highest BCUT2D eigenvalue weighted by atomic mass is 32.2. The van der Waals surface area contributed by atoms with Crippen molar-refractivity contribution < 1.29 is 36.2 Å². The number of anilines is 2. The van der Waals surface area contributed by atoms with Crippen LogP contribution in [0, 0.1) is 0 Å². The molecule has 2 unspecified atom stereocenters. The number of ether oxygens (including phenoxy) is 2. The average Bonchev–Trinajstić information content (AvgIpc) is 2.85. The lowest BCUT2D eigenvalue weighted by Gasteiger charge is -2.23. The van der Waals surface area contributed by atoms with Crippen molar-refractivity contribution in [2.75, 3.05) is 18.5 Å². The van der Waals surface area contributed by atoms with Crippen molar-refractivity contribution in [3.05, 3.63) is 36.0 Å². The van der Waals surface area contributed by atoms with Crippen LogP contribution >= 0.6 is 0 Å². The molecule has 1 aromatic heterocycles. The molecule has 0 aliphatic carbocycles. The van der Waals surface area contributed by atoms with Gasteiger partial charge in [-0.1, -0.05) is 0 Å². The van der Waals surface area contributed by atoms with Crippen LogP contribution in [-0.4, -0.2) is 48.9 Å². The van der Waals surface area contributed by atoms with Gasteiger partial charge < -0.3 is 19.9 Å². The molecule has 0 spiro atoms. The minimum absolute atomic E-state index is 0.130. The molecule has 0 radical (unpaired) electrons. The Bertz CT molecular complexity index is 986. The highest BCUT2D eigenvalue weighted by Crippen LogP contribution is 2.36. The quantitative estimate of drug-likeness (QED) is 0.630. The maximum atomic E-state index is 13.4. The number of aliphatic hydroxyl groups excluding tert-OH is 1. The molecule has 9 nitrogen and oxygen atoms in total. The normalized spacial score (nSPS) is 20.4. The summed E-state index contributed by atoms with van der Waals surface area (Å²) in [4.78, 5) is 7.33. The minimum atomic E-state index is -4.77. The number of aliphatic hydroxyl groups is 1. The molecule has 1 aromatic carbocycles. The van der Waals surface area contributed by atoms with Crippen molar-refractivity contribution in [2.45, 2.75) is 36.1 Å². The number of alkyl halides is 3. The van der Waals surface area contributed by atoms with Crippen molar-refractivity contribution in [1.82, 2.24) is 9.97 Å². The van der Waals surface area contributed by atoms with Gasteiger partial charge in [-0.15, -0.1) is 0 Å². The van der Waals surface area contributed by atoms with E-state index >= 15 is 0 Å². The zero-order chi connectivity index (χ0) is 21.9. The Balaban J connectivity index is 1.86. The summed E-state index contributed by atoms with van der Waals surface area (Å²) in [6.45, 7) is 0.508. The lowest BCUT2D eigenvalue weighted by atomic mass is 10.1. The van der Waals surface area contributed by atoms with Gasteiger partial charge in [0, 0.05) is 31.3 Å². The van der Waals surface area contributed by atoms with Crippen molar-refractivity contribution >= 4 is 21.7 Å². The molecule has 1 saturated heterocycles. The molecule has 1 fully saturated rings. The third-order valence-corrected chi connectivity index (χ3v) is 5.22. The molecule has 4 N–H and O–H groups in total. The first kappa shape index (κ1) is 22.2. The molecule has 1 aliphatic rings. The Hall–Kier alpha value is -2.48. The molecule has 164 valence electrons. The fourth-order valence-corrected chi connectivity index (χ4v) is 3.25. The van der Waals surface area contributed by atoms with Crippen LogP contribution in [0.3, 0.4) is 0 Å². The van der Waals surface area contributed by atoms with Crippen LogP contribution in [-0.2, 0) is 20.9 Å². The number of nitrogens with two attached hydrogens (primary N) is 1. The van der Waals surface area contributed by atoms with E-state index in [2.05, 4.69) is 15.3 Å². The van der Waals surface area contributed by atoms with Gasteiger partial charge in [-0.05, 0) is 24.3 Å². The third kappa shape index (κ3) is 5.56. The number of primary sulfonamides is 1. The predicted molar refractivity (Wildman–Crippen MR) is 98.6 cm³/mol. The first-order valence-electron chi connectivity index (χ1n) is 8.80. The monoisotopic (exact) mass is 448 g/mol. The van der Waals surface area contributed by atoms with Gasteiger partial charge in [-0.25, -0.2) is 18.5 Å². The molecule has 13 heteroatoms. The van der Waals surface area contributed by atoms with Gasteiger partial charge in [0.1, 0.15) is 11.7 Å². The number of rotatable bonds is 5. The number of sulfonamides is 1. The standard InChI is InChI=1S/C17H19F3N4O5S/c18-17(19,20)12-9-22-16(23-10-1-3-11(4-2-10)30(21,26)27)24-15(12)29-14-6-8-28-7-5-13(14)25/h1-4,9,13-14,25H,5-8H2,(H2,21,26,27)(H,22,23,24). The van der Waals surface area contributed by atoms with E-state index in [1.807, 2.05) is 0 Å². The lowest BCUT2D eigenvalue weighted by Crippen LogP contribution is -2.32. The second-order valence-corrected chi connectivity index (χ2v) is 8.08. The fraction of sp³-hybridized carbons (Fsp3) is 0.412. The largest absolute Gasteiger partial charge is 0.471 e. The van der Waals surface area contributed by atoms with E-state index in [0.717, 1.165) is 0 Å². The van der Waals surface area contributed by atoms with E-state index in [-0.39, 0.29) is 36.9 Å². The van der Waals surface area contributed by atoms with Crippen molar-refractivity contribution in [3.8, 4) is 5.88 Å². The van der Waals surface area contributed by atoms with E-state index < -0.39 is 39.9 Å². The number of hydrogen-bond acceptors (Lipinski definition) is 8. The van der Waals surface area contributed by atoms with E-state index in [1.54, 1.807) is 0 Å². The van der Waals surface area contributed by atoms with E-state index in [1.165, 1.54) is 24.3 Å². The van der Waals surface area contributed by atoms with Crippen LogP contribution in [0.15, 0.2) is 35.4 Å². The van der Waals surface area contributed by atoms with Crippen LogP contribution in [0.4, 0.5) is 24.8 Å². The Morgan fingerprint density at radius 1 is 1.20 bits per heavy atom. The predicted octanol–water partition coefficient (Wildman–Crippen LogP) is 1.81. The maximum Gasteiger partial charge on any atom is 0.423 e. The smallest absolute Gasteiger partial charge is 0.423 e.